The Morgan fingerprint density at radius 1 is 1.17 bits per heavy atom. The molecule has 5 nitrogen and oxygen atoms in total. The van der Waals surface area contributed by atoms with Gasteiger partial charge in [-0.25, -0.2) is 5.01 Å². The molecule has 1 amide bonds. The molecule has 30 heavy (non-hydrogen) atoms. The fourth-order valence-electron chi connectivity index (χ4n) is 4.41. The van der Waals surface area contributed by atoms with Gasteiger partial charge < -0.3 is 4.74 Å². The van der Waals surface area contributed by atoms with E-state index in [1.165, 1.54) is 6.42 Å². The van der Waals surface area contributed by atoms with Crippen LogP contribution >= 0.6 is 11.6 Å². The molecule has 1 saturated heterocycles. The summed E-state index contributed by atoms with van der Waals surface area (Å²) in [5.74, 6) is 0.770. The van der Waals surface area contributed by atoms with Crippen molar-refractivity contribution in [2.24, 2.45) is 5.10 Å². The number of benzene rings is 2. The minimum absolute atomic E-state index is 0.0126. The van der Waals surface area contributed by atoms with E-state index in [-0.39, 0.29) is 11.9 Å². The molecule has 2 aliphatic rings. The third-order valence-corrected chi connectivity index (χ3v) is 6.47. The molecule has 2 aromatic rings. The number of hydrogen-bond acceptors (Lipinski definition) is 4. The minimum Gasteiger partial charge on any atom is -0.496 e. The van der Waals surface area contributed by atoms with Gasteiger partial charge in [0.15, 0.2) is 0 Å². The van der Waals surface area contributed by atoms with Gasteiger partial charge in [-0.05, 0) is 50.1 Å². The van der Waals surface area contributed by atoms with Crippen LogP contribution < -0.4 is 4.74 Å². The van der Waals surface area contributed by atoms with E-state index in [4.69, 9.17) is 21.4 Å². The van der Waals surface area contributed by atoms with E-state index in [1.54, 1.807) is 12.1 Å². The van der Waals surface area contributed by atoms with Crippen LogP contribution in [0.3, 0.4) is 0 Å². The number of carbonyl (C=O) groups excluding carboxylic acids is 1. The first-order valence-corrected chi connectivity index (χ1v) is 11.0. The first kappa shape index (κ1) is 20.9. The molecule has 2 heterocycles. The van der Waals surface area contributed by atoms with E-state index in [1.807, 2.05) is 48.5 Å². The van der Waals surface area contributed by atoms with Crippen molar-refractivity contribution < 1.29 is 9.53 Å². The Labute approximate surface area is 183 Å². The minimum atomic E-state index is -0.216. The molecule has 0 saturated carbocycles. The number of hydrazone groups is 1. The van der Waals surface area contributed by atoms with Crippen molar-refractivity contribution in [3.63, 3.8) is 0 Å². The zero-order valence-corrected chi connectivity index (χ0v) is 18.3. The van der Waals surface area contributed by atoms with E-state index >= 15 is 0 Å². The third-order valence-electron chi connectivity index (χ3n) is 6.13. The average molecular weight is 426 g/mol. The summed E-state index contributed by atoms with van der Waals surface area (Å²) in [7, 11) is 1.65. The molecule has 0 unspecified atom stereocenters. The summed E-state index contributed by atoms with van der Waals surface area (Å²) in [5, 5.41) is 7.09. The second-order valence-corrected chi connectivity index (χ2v) is 8.45. The van der Waals surface area contributed by atoms with E-state index in [0.717, 1.165) is 42.0 Å². The number of amides is 1. The summed E-state index contributed by atoms with van der Waals surface area (Å²) in [5.41, 5.74) is 2.68. The van der Waals surface area contributed by atoms with Crippen molar-refractivity contribution >= 4 is 23.2 Å². The Morgan fingerprint density at radius 2 is 1.93 bits per heavy atom. The highest BCUT2D eigenvalue weighted by molar-refractivity contribution is 6.31. The fraction of sp³-hybridized carbons (Fsp3) is 0.417. The largest absolute Gasteiger partial charge is 0.496 e. The molecule has 0 bridgehead atoms. The number of methoxy groups -OCH3 is 1. The van der Waals surface area contributed by atoms with E-state index in [0.29, 0.717) is 24.0 Å². The second kappa shape index (κ2) is 9.19. The lowest BCUT2D eigenvalue weighted by Crippen LogP contribution is -2.44. The SMILES string of the molecule is COc1ccccc1C1=NN(C(=O)CN2CCCC[C@H]2C)[C@H](c2ccccc2Cl)C1. The number of carbonyl (C=O) groups is 1. The zero-order valence-electron chi connectivity index (χ0n) is 17.6. The first-order valence-electron chi connectivity index (χ1n) is 10.6. The van der Waals surface area contributed by atoms with Crippen LogP contribution in [0.4, 0.5) is 0 Å². The van der Waals surface area contributed by atoms with Crippen molar-refractivity contribution in [2.45, 2.75) is 44.7 Å². The van der Waals surface area contributed by atoms with Crippen LogP contribution in [0.25, 0.3) is 0 Å². The summed E-state index contributed by atoms with van der Waals surface area (Å²) >= 11 is 6.52. The van der Waals surface area contributed by atoms with Gasteiger partial charge in [-0.15, -0.1) is 0 Å². The second-order valence-electron chi connectivity index (χ2n) is 8.04. The van der Waals surface area contributed by atoms with Crippen LogP contribution in [0.15, 0.2) is 53.6 Å². The number of piperidine rings is 1. The van der Waals surface area contributed by atoms with Crippen LogP contribution in [0.2, 0.25) is 5.02 Å². The van der Waals surface area contributed by atoms with Crippen LogP contribution in [0, 0.1) is 0 Å². The highest BCUT2D eigenvalue weighted by Crippen LogP contribution is 2.38. The maximum atomic E-state index is 13.4. The molecule has 1 fully saturated rings. The summed E-state index contributed by atoms with van der Waals surface area (Å²) in [6.45, 7) is 3.54. The molecule has 4 rings (SSSR count). The third kappa shape index (κ3) is 4.23. The van der Waals surface area contributed by atoms with Gasteiger partial charge in [-0.2, -0.15) is 5.10 Å². The molecule has 2 aliphatic heterocycles. The van der Waals surface area contributed by atoms with Gasteiger partial charge in [-0.1, -0.05) is 48.4 Å². The Balaban J connectivity index is 1.66. The number of halogens is 1. The number of para-hydroxylation sites is 1. The van der Waals surface area contributed by atoms with Gasteiger partial charge in [0.05, 0.1) is 25.4 Å². The van der Waals surface area contributed by atoms with Gasteiger partial charge >= 0.3 is 0 Å². The highest BCUT2D eigenvalue weighted by Gasteiger charge is 2.36. The van der Waals surface area contributed by atoms with E-state index in [2.05, 4.69) is 11.8 Å². The standard InChI is InChI=1S/C24H28ClN3O2/c1-17-9-7-8-14-27(17)16-24(29)28-22(18-10-3-5-12-20(18)25)15-21(26-28)19-11-4-6-13-23(19)30-2/h3-6,10-13,17,22H,7-9,14-16H2,1-2H3/t17-,22+/m1/s1. The lowest BCUT2D eigenvalue weighted by atomic mass is 9.97. The quantitative estimate of drug-likeness (QED) is 0.684. The number of nitrogens with zero attached hydrogens (tertiary/aromatic N) is 3. The van der Waals surface area contributed by atoms with Gasteiger partial charge in [-0.3, -0.25) is 9.69 Å². The first-order chi connectivity index (χ1) is 14.6. The summed E-state index contributed by atoms with van der Waals surface area (Å²) in [6, 6.07) is 15.7. The Morgan fingerprint density at radius 3 is 2.70 bits per heavy atom. The van der Waals surface area contributed by atoms with Crippen LogP contribution in [-0.4, -0.2) is 47.8 Å². The molecule has 0 N–H and O–H groups in total. The van der Waals surface area contributed by atoms with Crippen LogP contribution in [0.5, 0.6) is 5.75 Å². The van der Waals surface area contributed by atoms with Crippen molar-refractivity contribution in [3.8, 4) is 5.75 Å². The Kier molecular flexibility index (Phi) is 6.40. The number of ether oxygens (including phenoxy) is 1. The summed E-state index contributed by atoms with van der Waals surface area (Å²) in [6.07, 6.45) is 4.11. The van der Waals surface area contributed by atoms with Gasteiger partial charge in [0, 0.05) is 23.0 Å². The highest BCUT2D eigenvalue weighted by atomic mass is 35.5. The molecular formula is C24H28ClN3O2. The molecule has 0 spiro atoms. The maximum absolute atomic E-state index is 13.4. The van der Waals surface area contributed by atoms with Crippen molar-refractivity contribution in [2.75, 3.05) is 20.2 Å². The molecule has 2 aromatic carbocycles. The fourth-order valence-corrected chi connectivity index (χ4v) is 4.67. The van der Waals surface area contributed by atoms with Gasteiger partial charge in [0.2, 0.25) is 0 Å². The summed E-state index contributed by atoms with van der Waals surface area (Å²) < 4.78 is 5.54. The van der Waals surface area contributed by atoms with E-state index < -0.39 is 0 Å². The number of rotatable bonds is 5. The molecule has 0 radical (unpaired) electrons. The topological polar surface area (TPSA) is 45.1 Å². The molecule has 6 heteroatoms. The van der Waals surface area contributed by atoms with Crippen molar-refractivity contribution in [3.05, 3.63) is 64.7 Å². The smallest absolute Gasteiger partial charge is 0.257 e. The zero-order chi connectivity index (χ0) is 21.1. The number of hydrogen-bond donors (Lipinski definition) is 0. The van der Waals surface area contributed by atoms with Crippen LogP contribution in [0.1, 0.15) is 49.8 Å². The molecule has 2 atom stereocenters. The predicted molar refractivity (Wildman–Crippen MR) is 120 cm³/mol. The van der Waals surface area contributed by atoms with Crippen molar-refractivity contribution in [1.82, 2.24) is 9.91 Å². The normalized spacial score (nSPS) is 22.1. The average Bonchev–Trinajstić information content (AvgIpc) is 3.21. The molecular weight excluding hydrogens is 398 g/mol. The number of likely N-dealkylation sites (tertiary alicyclic amines) is 1. The van der Waals surface area contributed by atoms with Gasteiger partial charge in [0.25, 0.3) is 5.91 Å². The van der Waals surface area contributed by atoms with Crippen molar-refractivity contribution in [1.29, 1.82) is 0 Å². The lowest BCUT2D eigenvalue weighted by molar-refractivity contribution is -0.135. The van der Waals surface area contributed by atoms with E-state index in [9.17, 15) is 4.79 Å². The molecule has 0 aliphatic carbocycles. The van der Waals surface area contributed by atoms with Crippen LogP contribution in [-0.2, 0) is 4.79 Å². The lowest BCUT2D eigenvalue weighted by Gasteiger charge is -2.34. The Bertz CT molecular complexity index is 946. The summed E-state index contributed by atoms with van der Waals surface area (Å²) in [4.78, 5) is 15.7. The Hall–Kier alpha value is -2.37. The monoisotopic (exact) mass is 425 g/mol. The predicted octanol–water partition coefficient (Wildman–Crippen LogP) is 4.90. The molecule has 0 aromatic heterocycles. The van der Waals surface area contributed by atoms with Gasteiger partial charge in [0.1, 0.15) is 5.75 Å². The maximum Gasteiger partial charge on any atom is 0.257 e. The molecule has 158 valence electrons.